The minimum absolute atomic E-state index is 0.0271. The van der Waals surface area contributed by atoms with Gasteiger partial charge in [0.25, 0.3) is 0 Å². The van der Waals surface area contributed by atoms with Gasteiger partial charge in [0, 0.05) is 6.20 Å². The third kappa shape index (κ3) is 3.68. The lowest BCUT2D eigenvalue weighted by atomic mass is 9.84. The van der Waals surface area contributed by atoms with Gasteiger partial charge < -0.3 is 9.53 Å². The molecule has 0 aliphatic heterocycles. The lowest BCUT2D eigenvalue weighted by molar-refractivity contribution is 0.0817. The molecule has 0 aromatic carbocycles. The summed E-state index contributed by atoms with van der Waals surface area (Å²) in [5, 5.41) is 9.33. The average Bonchev–Trinajstić information content (AvgIpc) is 3.18. The molecule has 2 rings (SSSR count). The average molecular weight is 292 g/mol. The first-order valence-corrected chi connectivity index (χ1v) is 9.80. The van der Waals surface area contributed by atoms with Crippen LogP contribution >= 0.6 is 0 Å². The first-order valence-electron chi connectivity index (χ1n) is 7.39. The van der Waals surface area contributed by atoms with Crippen LogP contribution in [0.1, 0.15) is 62.5 Å². The van der Waals surface area contributed by atoms with Crippen molar-refractivity contribution in [2.75, 3.05) is 0 Å². The largest absolute Gasteiger partial charge is 0.408 e. The first kappa shape index (κ1) is 15.7. The molecule has 1 aliphatic rings. The van der Waals surface area contributed by atoms with Gasteiger partial charge in [-0.05, 0) is 54.5 Å². The third-order valence-electron chi connectivity index (χ3n) is 3.59. The van der Waals surface area contributed by atoms with Gasteiger partial charge in [-0.1, -0.05) is 20.8 Å². The van der Waals surface area contributed by atoms with Crippen molar-refractivity contribution in [2.45, 2.75) is 65.3 Å². The van der Waals surface area contributed by atoms with E-state index in [1.54, 1.807) is 6.20 Å². The molecule has 1 aromatic heterocycles. The van der Waals surface area contributed by atoms with Gasteiger partial charge in [-0.2, -0.15) is 0 Å². The van der Waals surface area contributed by atoms with Crippen LogP contribution in [0, 0.1) is 5.41 Å². The minimum Gasteiger partial charge on any atom is -0.408 e. The molecular formula is C16H26NO2Si. The molecule has 1 aliphatic carbocycles. The number of rotatable bonds is 5. The molecule has 20 heavy (non-hydrogen) atoms. The fraction of sp³-hybridized carbons (Fsp3) is 0.688. The van der Waals surface area contributed by atoms with Gasteiger partial charge >= 0.3 is 0 Å². The van der Waals surface area contributed by atoms with Crippen molar-refractivity contribution >= 4 is 9.04 Å². The lowest BCUT2D eigenvalue weighted by Crippen LogP contribution is -2.27. The van der Waals surface area contributed by atoms with Gasteiger partial charge in [0.1, 0.15) is 0 Å². The van der Waals surface area contributed by atoms with Crippen LogP contribution in [0.3, 0.4) is 0 Å². The molecule has 1 N–H and O–H groups in total. The normalized spacial score (nSPS) is 17.6. The lowest BCUT2D eigenvalue weighted by Gasteiger charge is -2.33. The number of aliphatic hydroxyl groups excluding tert-OH is 1. The smallest absolute Gasteiger partial charge is 0.205 e. The minimum atomic E-state index is -0.789. The van der Waals surface area contributed by atoms with Crippen LogP contribution in [0.4, 0.5) is 0 Å². The Bertz CT molecular complexity index is 464. The van der Waals surface area contributed by atoms with Crippen LogP contribution < -0.4 is 0 Å². The van der Waals surface area contributed by atoms with Gasteiger partial charge in [0.05, 0.1) is 18.4 Å². The van der Waals surface area contributed by atoms with Gasteiger partial charge in [-0.25, -0.2) is 0 Å². The summed E-state index contributed by atoms with van der Waals surface area (Å²) >= 11 is 0. The van der Waals surface area contributed by atoms with Crippen LogP contribution in [-0.2, 0) is 11.0 Å². The van der Waals surface area contributed by atoms with Crippen LogP contribution in [0.2, 0.25) is 13.1 Å². The summed E-state index contributed by atoms with van der Waals surface area (Å²) in [6.07, 6.45) is 4.29. The molecule has 1 fully saturated rings. The van der Waals surface area contributed by atoms with Crippen molar-refractivity contribution in [1.82, 2.24) is 4.98 Å². The van der Waals surface area contributed by atoms with E-state index in [1.165, 1.54) is 18.4 Å². The van der Waals surface area contributed by atoms with E-state index in [2.05, 4.69) is 44.9 Å². The Morgan fingerprint density at radius 1 is 1.40 bits per heavy atom. The van der Waals surface area contributed by atoms with E-state index < -0.39 is 9.04 Å². The molecule has 1 unspecified atom stereocenters. The molecule has 1 heterocycles. The Labute approximate surface area is 124 Å². The molecule has 111 valence electrons. The second-order valence-corrected chi connectivity index (χ2v) is 9.07. The van der Waals surface area contributed by atoms with E-state index in [4.69, 9.17) is 4.43 Å². The van der Waals surface area contributed by atoms with Crippen molar-refractivity contribution in [3.05, 3.63) is 29.1 Å². The monoisotopic (exact) mass is 292 g/mol. The SMILES string of the molecule is C[Si](C)OC(c1ncc(CO)cc1C1CC1)C(C)(C)C. The summed E-state index contributed by atoms with van der Waals surface area (Å²) in [6.45, 7) is 11.0. The molecule has 1 aromatic rings. The predicted molar refractivity (Wildman–Crippen MR) is 82.9 cm³/mol. The summed E-state index contributed by atoms with van der Waals surface area (Å²) in [6, 6.07) is 2.12. The predicted octanol–water partition coefficient (Wildman–Crippen LogP) is 3.81. The summed E-state index contributed by atoms with van der Waals surface area (Å²) in [7, 11) is -0.789. The number of aromatic nitrogens is 1. The quantitative estimate of drug-likeness (QED) is 0.839. The zero-order valence-electron chi connectivity index (χ0n) is 13.2. The Morgan fingerprint density at radius 2 is 2.05 bits per heavy atom. The van der Waals surface area contributed by atoms with E-state index in [1.807, 2.05) is 0 Å². The zero-order chi connectivity index (χ0) is 14.9. The number of pyridine rings is 1. The van der Waals surface area contributed by atoms with Crippen molar-refractivity contribution in [3.8, 4) is 0 Å². The second kappa shape index (κ2) is 5.96. The molecule has 0 spiro atoms. The molecule has 3 nitrogen and oxygen atoms in total. The second-order valence-electron chi connectivity index (χ2n) is 7.02. The van der Waals surface area contributed by atoms with Crippen molar-refractivity contribution < 1.29 is 9.53 Å². The summed E-state index contributed by atoms with van der Waals surface area (Å²) in [4.78, 5) is 4.66. The number of hydrogen-bond acceptors (Lipinski definition) is 3. The zero-order valence-corrected chi connectivity index (χ0v) is 14.2. The first-order chi connectivity index (χ1) is 9.32. The Hall–Kier alpha value is -0.713. The highest BCUT2D eigenvalue weighted by atomic mass is 28.3. The Balaban J connectivity index is 2.41. The van der Waals surface area contributed by atoms with Crippen molar-refractivity contribution in [2.24, 2.45) is 5.41 Å². The molecule has 0 saturated heterocycles. The maximum Gasteiger partial charge on any atom is 0.205 e. The highest BCUT2D eigenvalue weighted by molar-refractivity contribution is 6.48. The van der Waals surface area contributed by atoms with Gasteiger partial charge in [0.2, 0.25) is 9.04 Å². The summed E-state index contributed by atoms with van der Waals surface area (Å²) in [5.74, 6) is 0.613. The molecule has 1 atom stereocenters. The fourth-order valence-electron chi connectivity index (χ4n) is 2.44. The van der Waals surface area contributed by atoms with E-state index >= 15 is 0 Å². The molecular weight excluding hydrogens is 266 g/mol. The van der Waals surface area contributed by atoms with Crippen molar-refractivity contribution in [1.29, 1.82) is 0 Å². The fourth-order valence-corrected chi connectivity index (χ4v) is 3.38. The van der Waals surface area contributed by atoms with E-state index in [0.717, 1.165) is 11.3 Å². The van der Waals surface area contributed by atoms with Gasteiger partial charge in [0.15, 0.2) is 0 Å². The third-order valence-corrected chi connectivity index (χ3v) is 4.30. The molecule has 0 amide bonds. The highest BCUT2D eigenvalue weighted by Crippen LogP contribution is 2.46. The van der Waals surface area contributed by atoms with E-state index in [9.17, 15) is 5.11 Å². The van der Waals surface area contributed by atoms with Crippen LogP contribution in [-0.4, -0.2) is 19.1 Å². The van der Waals surface area contributed by atoms with Crippen LogP contribution in [0.25, 0.3) is 0 Å². The molecule has 1 radical (unpaired) electrons. The standard InChI is InChI=1S/C16H26NO2Si/c1-16(2,3)15(19-20(4)5)14-13(12-6-7-12)8-11(10-18)9-17-14/h8-9,12,15,18H,6-7,10H2,1-5H3. The van der Waals surface area contributed by atoms with Crippen LogP contribution in [0.15, 0.2) is 12.3 Å². The van der Waals surface area contributed by atoms with Gasteiger partial charge in [-0.15, -0.1) is 0 Å². The van der Waals surface area contributed by atoms with E-state index in [-0.39, 0.29) is 18.1 Å². The maximum absolute atomic E-state index is 9.33. The number of hydrogen-bond donors (Lipinski definition) is 1. The van der Waals surface area contributed by atoms with Crippen LogP contribution in [0.5, 0.6) is 0 Å². The summed E-state index contributed by atoms with van der Waals surface area (Å²) < 4.78 is 6.27. The highest BCUT2D eigenvalue weighted by Gasteiger charge is 2.35. The van der Waals surface area contributed by atoms with E-state index in [0.29, 0.717) is 5.92 Å². The topological polar surface area (TPSA) is 42.4 Å². The molecule has 1 saturated carbocycles. The summed E-state index contributed by atoms with van der Waals surface area (Å²) in [5.41, 5.74) is 3.31. The maximum atomic E-state index is 9.33. The van der Waals surface area contributed by atoms with Gasteiger partial charge in [-0.3, -0.25) is 4.98 Å². The molecule has 0 bridgehead atoms. The number of nitrogens with zero attached hydrogens (tertiary/aromatic N) is 1. The Morgan fingerprint density at radius 3 is 2.50 bits per heavy atom. The number of aliphatic hydroxyl groups is 1. The molecule has 4 heteroatoms. The Kier molecular flexibility index (Phi) is 4.67. The van der Waals surface area contributed by atoms with Crippen molar-refractivity contribution in [3.63, 3.8) is 0 Å².